The van der Waals surface area contributed by atoms with Crippen LogP contribution in [0.15, 0.2) is 55.1 Å². The Morgan fingerprint density at radius 2 is 1.94 bits per heavy atom. The van der Waals surface area contributed by atoms with Gasteiger partial charge in [0.25, 0.3) is 5.91 Å². The lowest BCUT2D eigenvalue weighted by Gasteiger charge is -2.26. The topological polar surface area (TPSA) is 88.1 Å². The molecule has 1 aliphatic rings. The first kappa shape index (κ1) is 23.3. The van der Waals surface area contributed by atoms with E-state index in [4.69, 9.17) is 9.47 Å². The van der Waals surface area contributed by atoms with Crippen molar-refractivity contribution >= 4 is 11.9 Å². The molecule has 0 bridgehead atoms. The van der Waals surface area contributed by atoms with Crippen molar-refractivity contribution in [1.29, 1.82) is 0 Å². The number of nitrogens with one attached hydrogen (secondary N) is 1. The molecule has 32 heavy (non-hydrogen) atoms. The molecule has 1 saturated heterocycles. The van der Waals surface area contributed by atoms with Gasteiger partial charge in [-0.05, 0) is 48.2 Å². The van der Waals surface area contributed by atoms with Crippen LogP contribution in [0.3, 0.4) is 0 Å². The second kappa shape index (κ2) is 9.82. The van der Waals surface area contributed by atoms with Gasteiger partial charge in [0.2, 0.25) is 0 Å². The Morgan fingerprint density at radius 1 is 1.22 bits per heavy atom. The zero-order valence-corrected chi connectivity index (χ0v) is 18.1. The first-order chi connectivity index (χ1) is 15.3. The minimum absolute atomic E-state index is 0.149. The molecule has 2 N–H and O–H groups in total. The number of methoxy groups -OCH3 is 1. The first-order valence-electron chi connectivity index (χ1n) is 10.3. The van der Waals surface area contributed by atoms with Gasteiger partial charge in [-0.15, -0.1) is 6.58 Å². The third-order valence-corrected chi connectivity index (χ3v) is 5.48. The summed E-state index contributed by atoms with van der Waals surface area (Å²) in [6, 6.07) is 10.2. The average Bonchev–Trinajstić information content (AvgIpc) is 3.03. The molecule has 0 aromatic heterocycles. The molecule has 1 aliphatic heterocycles. The Balaban J connectivity index is 1.68. The molecule has 0 radical (unpaired) electrons. The summed E-state index contributed by atoms with van der Waals surface area (Å²) in [5, 5.41) is 13.2. The van der Waals surface area contributed by atoms with Crippen molar-refractivity contribution in [2.45, 2.75) is 31.4 Å². The fourth-order valence-electron chi connectivity index (χ4n) is 3.74. The second-order valence-electron chi connectivity index (χ2n) is 7.55. The van der Waals surface area contributed by atoms with Gasteiger partial charge in [0.15, 0.2) is 11.5 Å². The Labute approximate surface area is 186 Å². The molecular formula is C24H27FN2O5. The summed E-state index contributed by atoms with van der Waals surface area (Å²) < 4.78 is 24.3. The average molecular weight is 442 g/mol. The molecule has 2 aromatic carbocycles. The molecule has 2 unspecified atom stereocenters. The van der Waals surface area contributed by atoms with E-state index in [9.17, 15) is 19.1 Å². The van der Waals surface area contributed by atoms with Gasteiger partial charge >= 0.3 is 6.03 Å². The molecule has 3 rings (SSSR count). The van der Waals surface area contributed by atoms with E-state index in [-0.39, 0.29) is 19.6 Å². The molecule has 170 valence electrons. The number of allylic oxidation sites excluding steroid dienone is 1. The number of aliphatic hydroxyl groups is 1. The van der Waals surface area contributed by atoms with Crippen LogP contribution in [0.2, 0.25) is 0 Å². The molecule has 8 heteroatoms. The number of nitrogens with zero attached hydrogens (tertiary/aromatic N) is 1. The third kappa shape index (κ3) is 4.60. The molecule has 0 spiro atoms. The number of ether oxygens (including phenoxy) is 2. The van der Waals surface area contributed by atoms with E-state index < -0.39 is 29.4 Å². The molecule has 2 atom stereocenters. The Morgan fingerprint density at radius 3 is 2.56 bits per heavy atom. The molecule has 1 fully saturated rings. The van der Waals surface area contributed by atoms with E-state index in [2.05, 4.69) is 11.9 Å². The van der Waals surface area contributed by atoms with Crippen LogP contribution in [0.1, 0.15) is 24.5 Å². The molecule has 7 nitrogen and oxygen atoms in total. The minimum atomic E-state index is -1.30. The standard InChI is InChI=1S/C24H27FN2O5/c1-4-6-16-7-12-20(21(13-16)31-3)32-15-19(28)14-27-22(29)24(5-2,26-23(27)30)17-8-10-18(25)11-9-17/h4,7-13,19,28H,1,5-6,14-15H2,2-3H3,(H,26,30). The monoisotopic (exact) mass is 442 g/mol. The zero-order chi connectivity index (χ0) is 23.3. The molecular weight excluding hydrogens is 415 g/mol. The molecule has 3 amide bonds. The maximum absolute atomic E-state index is 13.3. The Bertz CT molecular complexity index is 994. The summed E-state index contributed by atoms with van der Waals surface area (Å²) in [6.45, 7) is 5.07. The van der Waals surface area contributed by atoms with Gasteiger partial charge in [-0.2, -0.15) is 0 Å². The number of rotatable bonds is 10. The first-order valence-corrected chi connectivity index (χ1v) is 10.3. The maximum Gasteiger partial charge on any atom is 0.325 e. The normalized spacial score (nSPS) is 18.9. The smallest absolute Gasteiger partial charge is 0.325 e. The van der Waals surface area contributed by atoms with Gasteiger partial charge in [-0.25, -0.2) is 9.18 Å². The highest BCUT2D eigenvalue weighted by Gasteiger charge is 2.51. The number of hydrogen-bond donors (Lipinski definition) is 2. The summed E-state index contributed by atoms with van der Waals surface area (Å²) in [4.78, 5) is 26.6. The van der Waals surface area contributed by atoms with Crippen molar-refractivity contribution in [2.75, 3.05) is 20.3 Å². The predicted molar refractivity (Wildman–Crippen MR) is 117 cm³/mol. The summed E-state index contributed by atoms with van der Waals surface area (Å²) >= 11 is 0. The van der Waals surface area contributed by atoms with Crippen LogP contribution in [-0.2, 0) is 16.8 Å². The lowest BCUT2D eigenvalue weighted by Crippen LogP contribution is -2.44. The number of carbonyl (C=O) groups is 2. The highest BCUT2D eigenvalue weighted by Crippen LogP contribution is 2.33. The van der Waals surface area contributed by atoms with Gasteiger partial charge in [0.05, 0.1) is 13.7 Å². The molecule has 0 saturated carbocycles. The fraction of sp³-hybridized carbons (Fsp3) is 0.333. The van der Waals surface area contributed by atoms with Crippen LogP contribution in [0.5, 0.6) is 11.5 Å². The zero-order valence-electron chi connectivity index (χ0n) is 18.1. The molecule has 0 aliphatic carbocycles. The Kier molecular flexibility index (Phi) is 7.15. The number of benzene rings is 2. The maximum atomic E-state index is 13.3. The van der Waals surface area contributed by atoms with Gasteiger partial charge in [0.1, 0.15) is 24.1 Å². The highest BCUT2D eigenvalue weighted by molar-refractivity contribution is 6.07. The summed E-state index contributed by atoms with van der Waals surface area (Å²) in [5.74, 6) is 0.00908. The van der Waals surface area contributed by atoms with Crippen molar-refractivity contribution in [1.82, 2.24) is 10.2 Å². The second-order valence-corrected chi connectivity index (χ2v) is 7.55. The number of β-amino-alcohol motifs (C(OH)–C–C–N with tert-alkyl or cyclic N) is 1. The largest absolute Gasteiger partial charge is 0.493 e. The lowest BCUT2D eigenvalue weighted by molar-refractivity contribution is -0.133. The van der Waals surface area contributed by atoms with Crippen molar-refractivity contribution in [3.8, 4) is 11.5 Å². The van der Waals surface area contributed by atoms with E-state index >= 15 is 0 Å². The predicted octanol–water partition coefficient (Wildman–Crippen LogP) is 3.16. The van der Waals surface area contributed by atoms with Gasteiger partial charge in [0, 0.05) is 0 Å². The van der Waals surface area contributed by atoms with E-state index in [1.807, 2.05) is 12.1 Å². The highest BCUT2D eigenvalue weighted by atomic mass is 19.1. The van der Waals surface area contributed by atoms with Gasteiger partial charge in [-0.3, -0.25) is 9.69 Å². The summed E-state index contributed by atoms with van der Waals surface area (Å²) in [5.41, 5.74) is 0.188. The van der Waals surface area contributed by atoms with Gasteiger partial charge < -0.3 is 19.9 Å². The van der Waals surface area contributed by atoms with Crippen molar-refractivity contribution in [3.05, 3.63) is 72.1 Å². The quantitative estimate of drug-likeness (QED) is 0.436. The number of carbonyl (C=O) groups excluding carboxylic acids is 2. The fourth-order valence-corrected chi connectivity index (χ4v) is 3.74. The van der Waals surface area contributed by atoms with Crippen molar-refractivity contribution in [3.63, 3.8) is 0 Å². The van der Waals surface area contributed by atoms with Crippen molar-refractivity contribution in [2.24, 2.45) is 0 Å². The molecule has 2 aromatic rings. The number of urea groups is 1. The number of amides is 3. The van der Waals surface area contributed by atoms with Crippen molar-refractivity contribution < 1.29 is 28.6 Å². The lowest BCUT2D eigenvalue weighted by atomic mass is 9.87. The van der Waals surface area contributed by atoms with Crippen LogP contribution in [0.4, 0.5) is 9.18 Å². The van der Waals surface area contributed by atoms with E-state index in [0.717, 1.165) is 10.5 Å². The Hall–Kier alpha value is -3.39. The van der Waals surface area contributed by atoms with Crippen LogP contribution in [-0.4, -0.2) is 48.3 Å². The van der Waals surface area contributed by atoms with Crippen LogP contribution < -0.4 is 14.8 Å². The van der Waals surface area contributed by atoms with E-state index in [0.29, 0.717) is 23.5 Å². The summed E-state index contributed by atoms with van der Waals surface area (Å²) in [6.07, 6.45) is 1.61. The van der Waals surface area contributed by atoms with Crippen LogP contribution in [0, 0.1) is 5.82 Å². The number of aliphatic hydroxyl groups excluding tert-OH is 1. The SMILES string of the molecule is C=CCc1ccc(OCC(O)CN2C(=O)NC(CC)(c3ccc(F)cc3)C2=O)c(OC)c1. The minimum Gasteiger partial charge on any atom is -0.493 e. The van der Waals surface area contributed by atoms with Crippen LogP contribution in [0.25, 0.3) is 0 Å². The summed E-state index contributed by atoms with van der Waals surface area (Å²) in [7, 11) is 1.52. The van der Waals surface area contributed by atoms with E-state index in [1.165, 1.54) is 31.4 Å². The number of hydrogen-bond acceptors (Lipinski definition) is 5. The number of halogens is 1. The van der Waals surface area contributed by atoms with Crippen LogP contribution >= 0.6 is 0 Å². The molecule has 1 heterocycles. The van der Waals surface area contributed by atoms with Gasteiger partial charge in [-0.1, -0.05) is 31.2 Å². The number of imide groups is 1. The third-order valence-electron chi connectivity index (χ3n) is 5.48. The van der Waals surface area contributed by atoms with E-state index in [1.54, 1.807) is 19.1 Å².